The minimum Gasteiger partial charge on any atom is -0.343 e. The number of nitrogens with zero attached hydrogens (tertiary/aromatic N) is 2. The van der Waals surface area contributed by atoms with Crippen LogP contribution in [-0.4, -0.2) is 29.5 Å². The molecule has 0 unspecified atom stereocenters. The molecular weight excluding hydrogens is 348 g/mol. The molecule has 0 fully saturated rings. The molecule has 2 amide bonds. The number of carbonyl (C=O) groups excluding carboxylic acids is 2. The number of benzene rings is 2. The van der Waals surface area contributed by atoms with E-state index in [4.69, 9.17) is 11.6 Å². The Morgan fingerprint density at radius 2 is 1.96 bits per heavy atom. The standard InChI is InChI=1S/C16H13ClN4O4/c17-13-6-3-5-11(8-13)16(23)18-10-15(22)20-19-9-12-4-1-2-7-14(12)21(24)25/h1-9H,10H2,(H,18,23)(H,20,22)/b19-9+. The van der Waals surface area contributed by atoms with Crippen molar-refractivity contribution < 1.29 is 14.5 Å². The van der Waals surface area contributed by atoms with Crippen LogP contribution >= 0.6 is 11.6 Å². The predicted molar refractivity (Wildman–Crippen MR) is 92.6 cm³/mol. The molecule has 2 rings (SSSR count). The summed E-state index contributed by atoms with van der Waals surface area (Å²) in [5.74, 6) is -1.04. The number of hydrogen-bond donors (Lipinski definition) is 2. The maximum Gasteiger partial charge on any atom is 0.278 e. The lowest BCUT2D eigenvalue weighted by atomic mass is 10.2. The van der Waals surface area contributed by atoms with Gasteiger partial charge in [0.25, 0.3) is 17.5 Å². The lowest BCUT2D eigenvalue weighted by Gasteiger charge is -2.04. The third-order valence-electron chi connectivity index (χ3n) is 3.02. The molecule has 0 radical (unpaired) electrons. The number of halogens is 1. The van der Waals surface area contributed by atoms with Crippen molar-refractivity contribution >= 4 is 35.3 Å². The van der Waals surface area contributed by atoms with Crippen molar-refractivity contribution in [2.45, 2.75) is 0 Å². The summed E-state index contributed by atoms with van der Waals surface area (Å²) in [6, 6.07) is 12.2. The number of nitrogens with one attached hydrogen (secondary N) is 2. The summed E-state index contributed by atoms with van der Waals surface area (Å²) >= 11 is 5.79. The lowest BCUT2D eigenvalue weighted by Crippen LogP contribution is -2.34. The van der Waals surface area contributed by atoms with Crippen LogP contribution in [0.25, 0.3) is 0 Å². The minimum absolute atomic E-state index is 0.130. The summed E-state index contributed by atoms with van der Waals surface area (Å²) in [5.41, 5.74) is 2.62. The summed E-state index contributed by atoms with van der Waals surface area (Å²) < 4.78 is 0. The number of rotatable bonds is 6. The van der Waals surface area contributed by atoms with Gasteiger partial charge in [-0.15, -0.1) is 0 Å². The number of hydrazone groups is 1. The van der Waals surface area contributed by atoms with Gasteiger partial charge in [0.1, 0.15) is 0 Å². The Bertz CT molecular complexity index is 838. The summed E-state index contributed by atoms with van der Waals surface area (Å²) in [5, 5.41) is 17.3. The SMILES string of the molecule is O=C(CNC(=O)c1cccc(Cl)c1)N/N=C/c1ccccc1[N+](=O)[O-]. The Morgan fingerprint density at radius 1 is 1.20 bits per heavy atom. The molecule has 128 valence electrons. The van der Waals surface area contributed by atoms with Crippen LogP contribution in [0.5, 0.6) is 0 Å². The Kier molecular flexibility index (Phi) is 6.19. The molecule has 0 aliphatic carbocycles. The maximum atomic E-state index is 11.9. The highest BCUT2D eigenvalue weighted by molar-refractivity contribution is 6.30. The van der Waals surface area contributed by atoms with E-state index in [-0.39, 0.29) is 17.8 Å². The van der Waals surface area contributed by atoms with Crippen LogP contribution in [-0.2, 0) is 4.79 Å². The molecule has 2 aromatic rings. The molecule has 0 bridgehead atoms. The smallest absolute Gasteiger partial charge is 0.278 e. The van der Waals surface area contributed by atoms with Crippen molar-refractivity contribution in [1.29, 1.82) is 0 Å². The molecule has 2 aromatic carbocycles. The van der Waals surface area contributed by atoms with E-state index in [9.17, 15) is 19.7 Å². The Labute approximate surface area is 147 Å². The molecular formula is C16H13ClN4O4. The second-order valence-electron chi connectivity index (χ2n) is 4.80. The Balaban J connectivity index is 1.87. The van der Waals surface area contributed by atoms with Gasteiger partial charge in [-0.1, -0.05) is 29.8 Å². The molecule has 0 aliphatic heterocycles. The van der Waals surface area contributed by atoms with E-state index in [0.717, 1.165) is 6.21 Å². The normalized spacial score (nSPS) is 10.4. The fourth-order valence-corrected chi connectivity index (χ4v) is 2.06. The number of nitro benzene ring substituents is 1. The van der Waals surface area contributed by atoms with Gasteiger partial charge >= 0.3 is 0 Å². The Hall–Kier alpha value is -3.26. The number of amides is 2. The molecule has 0 heterocycles. The van der Waals surface area contributed by atoms with Gasteiger partial charge in [0.2, 0.25) is 0 Å². The fourth-order valence-electron chi connectivity index (χ4n) is 1.87. The highest BCUT2D eigenvalue weighted by atomic mass is 35.5. The summed E-state index contributed by atoms with van der Waals surface area (Å²) in [6.45, 7) is -0.306. The maximum absolute atomic E-state index is 11.9. The fraction of sp³-hybridized carbons (Fsp3) is 0.0625. The molecule has 0 aliphatic rings. The first-order chi connectivity index (χ1) is 12.0. The topological polar surface area (TPSA) is 114 Å². The van der Waals surface area contributed by atoms with E-state index in [2.05, 4.69) is 15.8 Å². The highest BCUT2D eigenvalue weighted by Crippen LogP contribution is 2.15. The first-order valence-electron chi connectivity index (χ1n) is 7.06. The molecule has 25 heavy (non-hydrogen) atoms. The zero-order valence-electron chi connectivity index (χ0n) is 12.8. The Morgan fingerprint density at radius 3 is 2.68 bits per heavy atom. The number of hydrogen-bond acceptors (Lipinski definition) is 5. The summed E-state index contributed by atoms with van der Waals surface area (Å²) in [6.07, 6.45) is 1.16. The van der Waals surface area contributed by atoms with Gasteiger partial charge in [0, 0.05) is 16.7 Å². The number of nitro groups is 1. The van der Waals surface area contributed by atoms with Crippen molar-refractivity contribution in [1.82, 2.24) is 10.7 Å². The summed E-state index contributed by atoms with van der Waals surface area (Å²) in [7, 11) is 0. The number of carbonyl (C=O) groups is 2. The minimum atomic E-state index is -0.579. The third-order valence-corrected chi connectivity index (χ3v) is 3.26. The van der Waals surface area contributed by atoms with Gasteiger partial charge in [-0.25, -0.2) is 5.43 Å². The van der Waals surface area contributed by atoms with Crippen LogP contribution in [0, 0.1) is 10.1 Å². The molecule has 8 nitrogen and oxygen atoms in total. The van der Waals surface area contributed by atoms with Gasteiger partial charge in [-0.3, -0.25) is 19.7 Å². The van der Waals surface area contributed by atoms with E-state index < -0.39 is 16.7 Å². The van der Waals surface area contributed by atoms with Gasteiger partial charge in [-0.05, 0) is 24.3 Å². The zero-order chi connectivity index (χ0) is 18.2. The van der Waals surface area contributed by atoms with Crippen molar-refractivity contribution in [3.8, 4) is 0 Å². The van der Waals surface area contributed by atoms with E-state index >= 15 is 0 Å². The second-order valence-corrected chi connectivity index (χ2v) is 5.24. The van der Waals surface area contributed by atoms with Crippen molar-refractivity contribution in [2.75, 3.05) is 6.54 Å². The lowest BCUT2D eigenvalue weighted by molar-refractivity contribution is -0.385. The van der Waals surface area contributed by atoms with Crippen LogP contribution in [0.15, 0.2) is 53.6 Å². The van der Waals surface area contributed by atoms with Crippen LogP contribution < -0.4 is 10.7 Å². The van der Waals surface area contributed by atoms with Crippen molar-refractivity contribution in [3.63, 3.8) is 0 Å². The van der Waals surface area contributed by atoms with Crippen LogP contribution in [0.4, 0.5) is 5.69 Å². The molecule has 0 atom stereocenters. The monoisotopic (exact) mass is 360 g/mol. The molecule has 0 spiro atoms. The van der Waals surface area contributed by atoms with Crippen LogP contribution in [0.1, 0.15) is 15.9 Å². The van der Waals surface area contributed by atoms with E-state index in [0.29, 0.717) is 10.6 Å². The molecule has 0 saturated heterocycles. The largest absolute Gasteiger partial charge is 0.343 e. The zero-order valence-corrected chi connectivity index (χ0v) is 13.6. The van der Waals surface area contributed by atoms with E-state index in [1.165, 1.54) is 24.3 Å². The molecule has 9 heteroatoms. The summed E-state index contributed by atoms with van der Waals surface area (Å²) in [4.78, 5) is 33.8. The third kappa shape index (κ3) is 5.40. The van der Waals surface area contributed by atoms with Crippen molar-refractivity contribution in [3.05, 3.63) is 74.8 Å². The van der Waals surface area contributed by atoms with Gasteiger partial charge < -0.3 is 5.32 Å². The van der Waals surface area contributed by atoms with E-state index in [1.807, 2.05) is 0 Å². The molecule has 2 N–H and O–H groups in total. The first kappa shape index (κ1) is 18.1. The molecule has 0 aromatic heterocycles. The molecule has 0 saturated carbocycles. The second kappa shape index (κ2) is 8.55. The number of para-hydroxylation sites is 1. The first-order valence-corrected chi connectivity index (χ1v) is 7.44. The van der Waals surface area contributed by atoms with Crippen molar-refractivity contribution in [2.24, 2.45) is 5.10 Å². The van der Waals surface area contributed by atoms with E-state index in [1.54, 1.807) is 24.3 Å². The van der Waals surface area contributed by atoms with Gasteiger partial charge in [0.15, 0.2) is 0 Å². The van der Waals surface area contributed by atoms with Gasteiger partial charge in [-0.2, -0.15) is 5.10 Å². The van der Waals surface area contributed by atoms with Crippen LogP contribution in [0.2, 0.25) is 5.02 Å². The average molecular weight is 361 g/mol. The quantitative estimate of drug-likeness (QED) is 0.466. The average Bonchev–Trinajstić information content (AvgIpc) is 2.60. The van der Waals surface area contributed by atoms with Gasteiger partial charge in [0.05, 0.1) is 23.2 Å². The highest BCUT2D eigenvalue weighted by Gasteiger charge is 2.10. The van der Waals surface area contributed by atoms with Crippen LogP contribution in [0.3, 0.4) is 0 Å². The predicted octanol–water partition coefficient (Wildman–Crippen LogP) is 2.13.